The number of carbonyl (C=O) groups is 1. The van der Waals surface area contributed by atoms with Crippen molar-refractivity contribution in [2.45, 2.75) is 33.4 Å². The van der Waals surface area contributed by atoms with E-state index in [9.17, 15) is 4.79 Å². The number of hydrogen-bond donors (Lipinski definition) is 1. The number of rotatable bonds is 4. The number of nitrogens with one attached hydrogen (secondary N) is 1. The Balaban J connectivity index is 1.56. The van der Waals surface area contributed by atoms with Crippen LogP contribution >= 0.6 is 11.6 Å². The number of halogens is 1. The first-order chi connectivity index (χ1) is 12.9. The normalized spacial score (nSPS) is 11.6. The molecule has 1 amide bonds. The largest absolute Gasteiger partial charge is 0.346 e. The van der Waals surface area contributed by atoms with E-state index < -0.39 is 0 Å². The second-order valence-electron chi connectivity index (χ2n) is 6.74. The molecule has 0 unspecified atom stereocenters. The molecule has 0 saturated heterocycles. The van der Waals surface area contributed by atoms with Gasteiger partial charge in [-0.25, -0.2) is 14.6 Å². The Kier molecular flexibility index (Phi) is 4.31. The summed E-state index contributed by atoms with van der Waals surface area (Å²) in [4.78, 5) is 21.7. The number of imidazole rings is 1. The molecule has 0 radical (unpaired) electrons. The molecule has 0 saturated carbocycles. The van der Waals surface area contributed by atoms with Crippen LogP contribution in [0.4, 0.5) is 0 Å². The highest BCUT2D eigenvalue weighted by molar-refractivity contribution is 6.30. The van der Waals surface area contributed by atoms with E-state index in [0.29, 0.717) is 22.8 Å². The molecule has 1 N–H and O–H groups in total. The standard InChI is InChI=1S/C19H19ClN6O/c1-11(2)26-18-13(7-22-26)6-16(12(3)23-18)19(27)21-8-15-10-25-9-14(20)4-5-17(25)24-15/h4-7,9-11H,8H2,1-3H3,(H,21,27). The van der Waals surface area contributed by atoms with Crippen LogP contribution in [0.2, 0.25) is 5.02 Å². The smallest absolute Gasteiger partial charge is 0.253 e. The summed E-state index contributed by atoms with van der Waals surface area (Å²) in [5, 5.41) is 8.75. The van der Waals surface area contributed by atoms with Crippen molar-refractivity contribution in [2.75, 3.05) is 0 Å². The molecule has 138 valence electrons. The van der Waals surface area contributed by atoms with Gasteiger partial charge in [0.2, 0.25) is 0 Å². The van der Waals surface area contributed by atoms with Gasteiger partial charge in [-0.1, -0.05) is 11.6 Å². The number of carbonyl (C=O) groups excluding carboxylic acids is 1. The van der Waals surface area contributed by atoms with Gasteiger partial charge in [-0.3, -0.25) is 4.79 Å². The average molecular weight is 383 g/mol. The van der Waals surface area contributed by atoms with E-state index in [1.807, 2.05) is 48.2 Å². The summed E-state index contributed by atoms with van der Waals surface area (Å²) in [6, 6.07) is 5.66. The van der Waals surface area contributed by atoms with Crippen LogP contribution in [0.5, 0.6) is 0 Å². The van der Waals surface area contributed by atoms with E-state index in [1.54, 1.807) is 18.5 Å². The average Bonchev–Trinajstić information content (AvgIpc) is 3.21. The number of fused-ring (bicyclic) bond motifs is 2. The van der Waals surface area contributed by atoms with E-state index >= 15 is 0 Å². The van der Waals surface area contributed by atoms with E-state index in [0.717, 1.165) is 22.4 Å². The monoisotopic (exact) mass is 382 g/mol. The van der Waals surface area contributed by atoms with Gasteiger partial charge in [0, 0.05) is 23.8 Å². The zero-order chi connectivity index (χ0) is 19.1. The van der Waals surface area contributed by atoms with Gasteiger partial charge >= 0.3 is 0 Å². The van der Waals surface area contributed by atoms with Crippen LogP contribution in [0.15, 0.2) is 36.8 Å². The van der Waals surface area contributed by atoms with Crippen molar-refractivity contribution in [3.63, 3.8) is 0 Å². The highest BCUT2D eigenvalue weighted by Gasteiger charge is 2.15. The van der Waals surface area contributed by atoms with Crippen molar-refractivity contribution in [1.82, 2.24) is 29.5 Å². The maximum atomic E-state index is 12.7. The molecule has 0 fully saturated rings. The van der Waals surface area contributed by atoms with Crippen LogP contribution in [0.3, 0.4) is 0 Å². The maximum Gasteiger partial charge on any atom is 0.253 e. The molecule has 0 aromatic carbocycles. The molecule has 0 aliphatic rings. The van der Waals surface area contributed by atoms with Gasteiger partial charge in [0.25, 0.3) is 5.91 Å². The third-order valence-corrected chi connectivity index (χ3v) is 4.61. The maximum absolute atomic E-state index is 12.7. The zero-order valence-electron chi connectivity index (χ0n) is 15.3. The summed E-state index contributed by atoms with van der Waals surface area (Å²) in [5.41, 5.74) is 3.53. The van der Waals surface area contributed by atoms with Crippen molar-refractivity contribution in [3.8, 4) is 0 Å². The molecule has 0 aliphatic carbocycles. The molecule has 4 rings (SSSR count). The fourth-order valence-corrected chi connectivity index (χ4v) is 3.21. The molecule has 27 heavy (non-hydrogen) atoms. The number of nitrogens with zero attached hydrogens (tertiary/aromatic N) is 5. The van der Waals surface area contributed by atoms with Gasteiger partial charge in [-0.15, -0.1) is 0 Å². The summed E-state index contributed by atoms with van der Waals surface area (Å²) in [6.45, 7) is 6.25. The molecule has 8 heteroatoms. The molecule has 0 aliphatic heterocycles. The van der Waals surface area contributed by atoms with Gasteiger partial charge in [0.1, 0.15) is 5.65 Å². The lowest BCUT2D eigenvalue weighted by Crippen LogP contribution is -2.24. The lowest BCUT2D eigenvalue weighted by atomic mass is 10.1. The summed E-state index contributed by atoms with van der Waals surface area (Å²) in [5.74, 6) is -0.186. The highest BCUT2D eigenvalue weighted by atomic mass is 35.5. The molecular weight excluding hydrogens is 364 g/mol. The van der Waals surface area contributed by atoms with Gasteiger partial charge in [-0.2, -0.15) is 5.10 Å². The van der Waals surface area contributed by atoms with Crippen molar-refractivity contribution in [2.24, 2.45) is 0 Å². The second kappa shape index (κ2) is 6.66. The van der Waals surface area contributed by atoms with Crippen molar-refractivity contribution in [3.05, 3.63) is 58.8 Å². The molecule has 0 atom stereocenters. The van der Waals surface area contributed by atoms with Crippen LogP contribution in [-0.2, 0) is 6.54 Å². The van der Waals surface area contributed by atoms with Crippen molar-refractivity contribution in [1.29, 1.82) is 0 Å². The van der Waals surface area contributed by atoms with Gasteiger partial charge in [-0.05, 0) is 39.0 Å². The predicted octanol–water partition coefficient (Wildman–Crippen LogP) is 3.55. The van der Waals surface area contributed by atoms with E-state index in [1.165, 1.54) is 0 Å². The Morgan fingerprint density at radius 3 is 2.85 bits per heavy atom. The SMILES string of the molecule is Cc1nc2c(cnn2C(C)C)cc1C(=O)NCc1cn2cc(Cl)ccc2n1. The number of hydrogen-bond acceptors (Lipinski definition) is 4. The lowest BCUT2D eigenvalue weighted by molar-refractivity contribution is 0.0949. The number of amides is 1. The summed E-state index contributed by atoms with van der Waals surface area (Å²) >= 11 is 5.99. The van der Waals surface area contributed by atoms with Gasteiger partial charge in [0.15, 0.2) is 5.65 Å². The zero-order valence-corrected chi connectivity index (χ0v) is 16.0. The Morgan fingerprint density at radius 2 is 2.07 bits per heavy atom. The van der Waals surface area contributed by atoms with E-state index in [-0.39, 0.29) is 11.9 Å². The molecule has 0 bridgehead atoms. The van der Waals surface area contributed by atoms with Crippen LogP contribution in [0.1, 0.15) is 41.6 Å². The van der Waals surface area contributed by atoms with Gasteiger partial charge in [0.05, 0.1) is 34.7 Å². The van der Waals surface area contributed by atoms with E-state index in [2.05, 4.69) is 20.4 Å². The quantitative estimate of drug-likeness (QED) is 0.585. The minimum atomic E-state index is -0.186. The predicted molar refractivity (Wildman–Crippen MR) is 104 cm³/mol. The lowest BCUT2D eigenvalue weighted by Gasteiger charge is -2.09. The molecule has 7 nitrogen and oxygen atoms in total. The second-order valence-corrected chi connectivity index (χ2v) is 7.18. The first-order valence-corrected chi connectivity index (χ1v) is 9.06. The topological polar surface area (TPSA) is 77.1 Å². The van der Waals surface area contributed by atoms with Crippen molar-refractivity contribution < 1.29 is 4.79 Å². The fourth-order valence-electron chi connectivity index (χ4n) is 3.04. The Morgan fingerprint density at radius 1 is 1.26 bits per heavy atom. The number of aryl methyl sites for hydroxylation is 1. The third kappa shape index (κ3) is 3.26. The van der Waals surface area contributed by atoms with E-state index in [4.69, 9.17) is 11.6 Å². The highest BCUT2D eigenvalue weighted by Crippen LogP contribution is 2.19. The number of pyridine rings is 2. The Labute approximate surface area is 161 Å². The van der Waals surface area contributed by atoms with Crippen LogP contribution in [-0.4, -0.2) is 30.1 Å². The summed E-state index contributed by atoms with van der Waals surface area (Å²) in [6.07, 6.45) is 5.37. The first kappa shape index (κ1) is 17.5. The Hall–Kier alpha value is -2.93. The molecule has 0 spiro atoms. The fraction of sp³-hybridized carbons (Fsp3) is 0.263. The van der Waals surface area contributed by atoms with Crippen LogP contribution in [0.25, 0.3) is 16.7 Å². The minimum Gasteiger partial charge on any atom is -0.346 e. The van der Waals surface area contributed by atoms with Crippen molar-refractivity contribution >= 4 is 34.2 Å². The first-order valence-electron chi connectivity index (χ1n) is 8.68. The number of aromatic nitrogens is 5. The van der Waals surface area contributed by atoms with Gasteiger partial charge < -0.3 is 9.72 Å². The molecular formula is C19H19ClN6O. The molecule has 4 heterocycles. The minimum absolute atomic E-state index is 0.186. The molecule has 4 aromatic rings. The summed E-state index contributed by atoms with van der Waals surface area (Å²) in [7, 11) is 0. The van der Waals surface area contributed by atoms with Crippen LogP contribution < -0.4 is 5.32 Å². The Bertz CT molecular complexity index is 1160. The third-order valence-electron chi connectivity index (χ3n) is 4.39. The summed E-state index contributed by atoms with van der Waals surface area (Å²) < 4.78 is 3.69. The molecule has 4 aromatic heterocycles. The van der Waals surface area contributed by atoms with Crippen LogP contribution in [0, 0.1) is 6.92 Å².